The molecule has 3 heterocycles. The number of alkyl halides is 3. The van der Waals surface area contributed by atoms with Crippen LogP contribution in [0.15, 0.2) is 18.5 Å². The summed E-state index contributed by atoms with van der Waals surface area (Å²) >= 11 is 0. The molecule has 2 saturated carbocycles. The molecule has 2 aromatic heterocycles. The number of halogens is 3. The number of rotatable bonds is 11. The second-order valence-corrected chi connectivity index (χ2v) is 20.6. The van der Waals surface area contributed by atoms with E-state index in [1.165, 1.54) is 6.20 Å². The summed E-state index contributed by atoms with van der Waals surface area (Å²) in [5.41, 5.74) is 1.42. The van der Waals surface area contributed by atoms with Gasteiger partial charge in [-0.15, -0.1) is 0 Å². The van der Waals surface area contributed by atoms with Crippen LogP contribution in [0.25, 0.3) is 11.0 Å². The number of anilines is 1. The average Bonchev–Trinajstić information content (AvgIpc) is 3.68. The van der Waals surface area contributed by atoms with Crippen LogP contribution in [0.2, 0.25) is 25.7 Å². The van der Waals surface area contributed by atoms with Crippen molar-refractivity contribution in [2.75, 3.05) is 31.3 Å². The van der Waals surface area contributed by atoms with Gasteiger partial charge in [0.1, 0.15) is 18.9 Å². The minimum absolute atomic E-state index is 0.0872. The second kappa shape index (κ2) is 11.5. The van der Waals surface area contributed by atoms with Crippen LogP contribution in [0, 0.1) is 5.92 Å². The maximum Gasteiger partial charge on any atom is 0.406 e. The fraction of sp³-hybridized carbons (Fsp3) is 0.704. The van der Waals surface area contributed by atoms with Crippen molar-refractivity contribution in [2.24, 2.45) is 5.92 Å². The first-order valence-electron chi connectivity index (χ1n) is 14.4. The summed E-state index contributed by atoms with van der Waals surface area (Å²) in [6.45, 7) is 6.67. The number of pyridine rings is 1. The lowest BCUT2D eigenvalue weighted by atomic mass is 9.85. The smallest absolute Gasteiger partial charge is 0.361 e. The normalized spacial score (nSPS) is 22.4. The fourth-order valence-corrected chi connectivity index (χ4v) is 7.97. The van der Waals surface area contributed by atoms with Gasteiger partial charge in [-0.3, -0.25) is 4.79 Å². The molecule has 0 atom stereocenters. The molecule has 0 unspecified atom stereocenters. The van der Waals surface area contributed by atoms with Gasteiger partial charge in [0.25, 0.3) is 5.91 Å². The molecule has 0 saturated heterocycles. The van der Waals surface area contributed by atoms with Crippen LogP contribution in [-0.4, -0.2) is 80.7 Å². The Kier molecular flexibility index (Phi) is 8.49. The van der Waals surface area contributed by atoms with Gasteiger partial charge in [0.2, 0.25) is 10.0 Å². The van der Waals surface area contributed by atoms with Gasteiger partial charge < -0.3 is 19.1 Å². The van der Waals surface area contributed by atoms with E-state index in [0.29, 0.717) is 56.9 Å². The Morgan fingerprint density at radius 1 is 1.12 bits per heavy atom. The number of ether oxygens (including phenoxy) is 1. The van der Waals surface area contributed by atoms with Crippen molar-refractivity contribution in [1.82, 2.24) is 19.2 Å². The van der Waals surface area contributed by atoms with E-state index >= 15 is 0 Å². The number of amides is 1. The van der Waals surface area contributed by atoms with Crippen molar-refractivity contribution >= 4 is 40.7 Å². The molecular formula is C27H40F3N5O4SSi. The SMILES string of the molecule is C[Si](C)(C)CCOCn1ccc2c3c(cnc21)C(=O)N(CC(F)(F)F)CN3C1CCC(CNS(=O)(=O)C2CC2)CC1. The largest absolute Gasteiger partial charge is 0.406 e. The monoisotopic (exact) mass is 615 g/mol. The van der Waals surface area contributed by atoms with Crippen LogP contribution in [-0.2, 0) is 21.5 Å². The molecule has 14 heteroatoms. The molecule has 1 N–H and O–H groups in total. The molecule has 41 heavy (non-hydrogen) atoms. The highest BCUT2D eigenvalue weighted by Crippen LogP contribution is 2.40. The van der Waals surface area contributed by atoms with E-state index in [2.05, 4.69) is 29.3 Å². The summed E-state index contributed by atoms with van der Waals surface area (Å²) in [6, 6.07) is 2.80. The van der Waals surface area contributed by atoms with Gasteiger partial charge in [-0.2, -0.15) is 13.2 Å². The minimum Gasteiger partial charge on any atom is -0.361 e. The van der Waals surface area contributed by atoms with Crippen molar-refractivity contribution in [2.45, 2.75) is 88.4 Å². The highest BCUT2D eigenvalue weighted by Gasteiger charge is 2.42. The lowest BCUT2D eigenvalue weighted by Gasteiger charge is -2.45. The Labute approximate surface area is 240 Å². The van der Waals surface area contributed by atoms with Gasteiger partial charge in [0.15, 0.2) is 0 Å². The Hall–Kier alpha value is -2.16. The molecule has 228 valence electrons. The van der Waals surface area contributed by atoms with Gasteiger partial charge in [-0.25, -0.2) is 18.1 Å². The number of fused-ring (bicyclic) bond motifs is 3. The lowest BCUT2D eigenvalue weighted by Crippen LogP contribution is -2.54. The summed E-state index contributed by atoms with van der Waals surface area (Å²) in [7, 11) is -4.51. The summed E-state index contributed by atoms with van der Waals surface area (Å²) in [6.07, 6.45) is 3.00. The van der Waals surface area contributed by atoms with Crippen molar-refractivity contribution in [3.05, 3.63) is 24.0 Å². The first-order valence-corrected chi connectivity index (χ1v) is 19.6. The molecule has 2 fully saturated rings. The number of aromatic nitrogens is 2. The maximum atomic E-state index is 13.4. The number of nitrogens with zero attached hydrogens (tertiary/aromatic N) is 4. The molecule has 2 aliphatic carbocycles. The zero-order chi connectivity index (χ0) is 29.6. The van der Waals surface area contributed by atoms with Crippen LogP contribution in [0.4, 0.5) is 18.9 Å². The Balaban J connectivity index is 1.36. The van der Waals surface area contributed by atoms with Crippen molar-refractivity contribution < 1.29 is 31.1 Å². The van der Waals surface area contributed by atoms with E-state index in [1.807, 2.05) is 21.7 Å². The van der Waals surface area contributed by atoms with Gasteiger partial charge in [0.05, 0.1) is 23.2 Å². The molecule has 0 spiro atoms. The summed E-state index contributed by atoms with van der Waals surface area (Å²) < 4.78 is 75.3. The molecule has 0 bridgehead atoms. The highest BCUT2D eigenvalue weighted by molar-refractivity contribution is 7.90. The first-order chi connectivity index (χ1) is 19.2. The number of hydrogen-bond donors (Lipinski definition) is 1. The molecule has 9 nitrogen and oxygen atoms in total. The zero-order valence-corrected chi connectivity index (χ0v) is 25.7. The molecule has 1 amide bonds. The topological polar surface area (TPSA) is 96.8 Å². The standard InChI is InChI=1S/C27H40F3N5O4SSi/c1-41(2,3)13-12-39-18-33-11-10-22-24-23(15-31-25(22)33)26(36)34(16-27(28,29)30)17-35(24)20-6-4-19(5-7-20)14-32-40(37,38)21-8-9-21/h10-11,15,19-21,32H,4-9,12-14,16-18H2,1-3H3. The van der Waals surface area contributed by atoms with E-state index in [4.69, 9.17) is 4.74 Å². The van der Waals surface area contributed by atoms with Crippen molar-refractivity contribution in [3.63, 3.8) is 0 Å². The number of nitrogens with one attached hydrogen (secondary N) is 1. The van der Waals surface area contributed by atoms with E-state index < -0.39 is 36.7 Å². The zero-order valence-electron chi connectivity index (χ0n) is 23.9. The molecule has 0 aromatic carbocycles. The number of carbonyl (C=O) groups excluding carboxylic acids is 1. The third-order valence-electron chi connectivity index (χ3n) is 8.28. The third kappa shape index (κ3) is 7.26. The fourth-order valence-electron chi connectivity index (χ4n) is 5.75. The first kappa shape index (κ1) is 30.3. The van der Waals surface area contributed by atoms with Crippen molar-refractivity contribution in [3.8, 4) is 0 Å². The molecule has 2 aromatic rings. The predicted octanol–water partition coefficient (Wildman–Crippen LogP) is 4.77. The average molecular weight is 616 g/mol. The quantitative estimate of drug-likeness (QED) is 0.289. The van der Waals surface area contributed by atoms with Crippen LogP contribution in [0.1, 0.15) is 48.9 Å². The van der Waals surface area contributed by atoms with Crippen molar-refractivity contribution in [1.29, 1.82) is 0 Å². The summed E-state index contributed by atoms with van der Waals surface area (Å²) in [5.74, 6) is -0.505. The van der Waals surface area contributed by atoms with Gasteiger partial charge >= 0.3 is 6.18 Å². The summed E-state index contributed by atoms with van der Waals surface area (Å²) in [5, 5.41) is 0.450. The Morgan fingerprint density at radius 2 is 1.83 bits per heavy atom. The lowest BCUT2D eigenvalue weighted by molar-refractivity contribution is -0.141. The molecular weight excluding hydrogens is 575 g/mol. The molecule has 3 aliphatic rings. The molecule has 0 radical (unpaired) electrons. The summed E-state index contributed by atoms with van der Waals surface area (Å²) in [4.78, 5) is 20.5. The number of sulfonamides is 1. The Bertz CT molecular complexity index is 1370. The van der Waals surface area contributed by atoms with Crippen LogP contribution >= 0.6 is 0 Å². The van der Waals surface area contributed by atoms with Crippen LogP contribution in [0.3, 0.4) is 0 Å². The van der Waals surface area contributed by atoms with E-state index in [1.54, 1.807) is 0 Å². The minimum atomic E-state index is -4.52. The highest BCUT2D eigenvalue weighted by atomic mass is 32.2. The van der Waals surface area contributed by atoms with Gasteiger partial charge in [0, 0.05) is 45.0 Å². The van der Waals surface area contributed by atoms with Crippen LogP contribution in [0.5, 0.6) is 0 Å². The maximum absolute atomic E-state index is 13.4. The van der Waals surface area contributed by atoms with Gasteiger partial charge in [-0.05, 0) is 56.6 Å². The number of hydrogen-bond acceptors (Lipinski definition) is 6. The Morgan fingerprint density at radius 3 is 2.46 bits per heavy atom. The van der Waals surface area contributed by atoms with E-state index in [-0.39, 0.29) is 29.4 Å². The third-order valence-corrected chi connectivity index (χ3v) is 11.9. The van der Waals surface area contributed by atoms with Gasteiger partial charge in [-0.1, -0.05) is 19.6 Å². The van der Waals surface area contributed by atoms with Crippen LogP contribution < -0.4 is 9.62 Å². The van der Waals surface area contributed by atoms with E-state index in [9.17, 15) is 26.4 Å². The second-order valence-electron chi connectivity index (χ2n) is 12.9. The molecule has 5 rings (SSSR count). The van der Waals surface area contributed by atoms with E-state index in [0.717, 1.165) is 29.2 Å². The predicted molar refractivity (Wildman–Crippen MR) is 154 cm³/mol. The number of carbonyl (C=O) groups is 1. The molecule has 1 aliphatic heterocycles.